The van der Waals surface area contributed by atoms with Crippen molar-refractivity contribution < 1.29 is 94.2 Å². The molecule has 2 aliphatic rings. The first-order chi connectivity index (χ1) is 59.7. The SMILES string of the molecule is CC(C)(C)OC(=O)CCCCCCCCCCCCCCCCC(=O)C[C@@H](CCCCNC(=O)OCC1c2ccccc2-c2ccccc21)C(=O)O.CC(C)(C)OC(=O)CCCCCCCCCCCCCCCCC(=O)Oc1c(F)c(F)c(F)c(F)c1F.CCN(C(C)C)C(C)C.N[C@@H](CCCCCC(=O)OCC1c2ccccc2-c2ccccc21)C(=O)O. The average molecular weight is 1750 g/mol. The van der Waals surface area contributed by atoms with Gasteiger partial charge in [0.2, 0.25) is 34.8 Å². The van der Waals surface area contributed by atoms with E-state index in [9.17, 15) is 65.4 Å². The molecule has 0 bridgehead atoms. The number of amides is 1. The number of ketones is 1. The number of halogens is 5. The Morgan fingerprint density at radius 3 is 1.02 bits per heavy atom. The van der Waals surface area contributed by atoms with Gasteiger partial charge < -0.3 is 44.9 Å². The molecule has 5 aromatic carbocycles. The largest absolute Gasteiger partial charge is 0.481 e. The summed E-state index contributed by atoms with van der Waals surface area (Å²) >= 11 is 0. The molecule has 0 fully saturated rings. The van der Waals surface area contributed by atoms with Gasteiger partial charge in [-0.25, -0.2) is 18.0 Å². The maximum atomic E-state index is 13.5. The summed E-state index contributed by atoms with van der Waals surface area (Å²) in [5.41, 5.74) is 14.2. The van der Waals surface area contributed by atoms with Crippen LogP contribution in [0.4, 0.5) is 26.7 Å². The number of fused-ring (bicyclic) bond motifs is 6. The Morgan fingerprint density at radius 2 is 0.696 bits per heavy atom. The first kappa shape index (κ1) is 109. The van der Waals surface area contributed by atoms with Gasteiger partial charge in [0, 0.05) is 69.0 Å². The van der Waals surface area contributed by atoms with Gasteiger partial charge in [0.25, 0.3) is 0 Å². The van der Waals surface area contributed by atoms with Gasteiger partial charge in [0.15, 0.2) is 0 Å². The van der Waals surface area contributed by atoms with Crippen molar-refractivity contribution >= 4 is 47.7 Å². The van der Waals surface area contributed by atoms with E-state index in [1.54, 1.807) is 0 Å². The first-order valence-corrected chi connectivity index (χ1v) is 46.7. The van der Waals surface area contributed by atoms with E-state index in [0.717, 1.165) is 101 Å². The van der Waals surface area contributed by atoms with Gasteiger partial charge >= 0.3 is 41.9 Å². The fourth-order valence-corrected chi connectivity index (χ4v) is 16.0. The Bertz CT molecular complexity index is 3880. The van der Waals surface area contributed by atoms with E-state index in [2.05, 4.69) is 98.1 Å². The number of rotatable bonds is 57. The van der Waals surface area contributed by atoms with Crippen LogP contribution in [-0.4, -0.2) is 118 Å². The average Bonchev–Trinajstić information content (AvgIpc) is 1.76. The molecule has 0 heterocycles. The minimum atomic E-state index is -2.29. The van der Waals surface area contributed by atoms with E-state index < -0.39 is 82.0 Å². The first-order valence-electron chi connectivity index (χ1n) is 46.7. The van der Waals surface area contributed by atoms with Gasteiger partial charge in [-0.15, -0.1) is 0 Å². The molecule has 0 unspecified atom stereocenters. The van der Waals surface area contributed by atoms with E-state index in [-0.39, 0.29) is 55.0 Å². The van der Waals surface area contributed by atoms with E-state index in [1.807, 2.05) is 90.1 Å². The molecule has 7 rings (SSSR count). The summed E-state index contributed by atoms with van der Waals surface area (Å²) in [5, 5.41) is 21.2. The molecule has 2 aliphatic carbocycles. The number of esters is 4. The molecule has 0 saturated heterocycles. The minimum Gasteiger partial charge on any atom is -0.481 e. The minimum absolute atomic E-state index is 0.00500. The zero-order chi connectivity index (χ0) is 92.1. The Hall–Kier alpha value is -8.57. The van der Waals surface area contributed by atoms with Crippen LogP contribution in [-0.2, 0) is 52.5 Å². The predicted molar refractivity (Wildman–Crippen MR) is 485 cm³/mol. The van der Waals surface area contributed by atoms with Crippen molar-refractivity contribution in [3.05, 3.63) is 148 Å². The molecule has 0 spiro atoms. The fraction of sp³-hybridized carbons (Fsp3) is 0.627. The summed E-state index contributed by atoms with van der Waals surface area (Å²) < 4.78 is 92.5. The zero-order valence-corrected chi connectivity index (χ0v) is 77.1. The number of aliphatic carboxylic acids is 2. The van der Waals surface area contributed by atoms with Crippen LogP contribution < -0.4 is 15.8 Å². The summed E-state index contributed by atoms with van der Waals surface area (Å²) in [7, 11) is 0. The second-order valence-electron chi connectivity index (χ2n) is 35.9. The highest BCUT2D eigenvalue weighted by Crippen LogP contribution is 2.46. The molecule has 125 heavy (non-hydrogen) atoms. The van der Waals surface area contributed by atoms with Crippen molar-refractivity contribution in [2.24, 2.45) is 11.7 Å². The number of alkyl carbamates (subject to hydrolysis) is 1. The standard InChI is InChI=1S/C44H65NO7.C28H41F5O4.C22H25NO4.C8H19N/c1-44(2,3)52-41(47)30-17-15-13-11-9-7-5-4-6-8-10-12-14-16-25-35(46)32-34(42(48)49)24-22-23-31-45-43(50)51-33-40-38-28-20-18-26-36(38)37-27-19-21-29-39(37)40;1-28(2,3)37-21(35)19-17-15-13-11-9-7-5-4-6-8-10-12-14-16-18-20(34)36-27-25(32)23(30)22(29)24(31)26(27)33;23-20(22(25)26)12-2-1-3-13-21(24)27-14-19-17-10-6-4-8-15(17)16-9-5-7-11-18(16)19;1-6-9(7(2)3)8(4)5/h18-21,26-29,34,40H,4-17,22-25,30-33H2,1-3H3,(H,45,50)(H,48,49);4-19H2,1-3H3;4-11,19-20H,1-3,12-14,23H2,(H,25,26);7-8H,6H2,1-5H3/t34-;;20-;/m1.0./s1. The van der Waals surface area contributed by atoms with Gasteiger partial charge in [0.1, 0.15) is 36.2 Å². The van der Waals surface area contributed by atoms with Crippen LogP contribution in [0.5, 0.6) is 5.75 Å². The molecule has 698 valence electrons. The molecule has 1 amide bonds. The van der Waals surface area contributed by atoms with E-state index in [4.69, 9.17) is 29.8 Å². The van der Waals surface area contributed by atoms with E-state index >= 15 is 0 Å². The lowest BCUT2D eigenvalue weighted by Crippen LogP contribution is -2.36. The van der Waals surface area contributed by atoms with Crippen molar-refractivity contribution in [3.63, 3.8) is 0 Å². The smallest absolute Gasteiger partial charge is 0.407 e. The maximum absolute atomic E-state index is 13.5. The number of hydrogen-bond donors (Lipinski definition) is 4. The highest BCUT2D eigenvalue weighted by atomic mass is 19.2. The maximum Gasteiger partial charge on any atom is 0.407 e. The van der Waals surface area contributed by atoms with Crippen molar-refractivity contribution in [2.45, 2.75) is 381 Å². The lowest BCUT2D eigenvalue weighted by molar-refractivity contribution is -0.156. The van der Waals surface area contributed by atoms with Crippen molar-refractivity contribution in [1.82, 2.24) is 10.2 Å². The quantitative estimate of drug-likeness (QED) is 0.00536. The summed E-state index contributed by atoms with van der Waals surface area (Å²) in [5.74, 6) is -16.4. The Kier molecular flexibility index (Phi) is 53.1. The number of hydrogen-bond acceptors (Lipinski definition) is 15. The number of Topliss-reactive ketones (excluding diaryl/α,β-unsaturated/α-hetero) is 1. The van der Waals surface area contributed by atoms with Gasteiger partial charge in [-0.3, -0.25) is 38.5 Å². The Balaban J connectivity index is 0.000000390. The molecular weight excluding hydrogens is 1600 g/mol. The number of carbonyl (C=O) groups excluding carboxylic acids is 6. The molecule has 23 heteroatoms. The van der Waals surface area contributed by atoms with E-state index in [0.29, 0.717) is 102 Å². The van der Waals surface area contributed by atoms with Crippen LogP contribution in [0.1, 0.15) is 374 Å². The number of nitrogens with zero attached hydrogens (tertiary/aromatic N) is 1. The van der Waals surface area contributed by atoms with Gasteiger partial charge in [-0.2, -0.15) is 8.78 Å². The topological polar surface area (TPSA) is 264 Å². The third kappa shape index (κ3) is 44.1. The van der Waals surface area contributed by atoms with Crippen LogP contribution in [0.2, 0.25) is 0 Å². The number of carbonyl (C=O) groups is 8. The zero-order valence-electron chi connectivity index (χ0n) is 77.1. The fourth-order valence-electron chi connectivity index (χ4n) is 16.0. The monoisotopic (exact) mass is 1750 g/mol. The number of carboxylic acid groups (broad SMARTS) is 2. The third-order valence-corrected chi connectivity index (χ3v) is 22.5. The lowest BCUT2D eigenvalue weighted by atomic mass is 9.94. The second kappa shape index (κ2) is 61.0. The van der Waals surface area contributed by atoms with Crippen LogP contribution in [0.3, 0.4) is 0 Å². The number of unbranched alkanes of at least 4 members (excludes halogenated alkanes) is 29. The van der Waals surface area contributed by atoms with Crippen LogP contribution >= 0.6 is 0 Å². The number of nitrogens with one attached hydrogen (secondary N) is 1. The molecule has 5 N–H and O–H groups in total. The predicted octanol–water partition coefficient (Wildman–Crippen LogP) is 25.6. The highest BCUT2D eigenvalue weighted by molar-refractivity contribution is 5.84. The van der Waals surface area contributed by atoms with Crippen molar-refractivity contribution in [2.75, 3.05) is 26.3 Å². The Morgan fingerprint density at radius 1 is 0.392 bits per heavy atom. The summed E-state index contributed by atoms with van der Waals surface area (Å²) in [4.78, 5) is 97.0. The summed E-state index contributed by atoms with van der Waals surface area (Å²) in [6.07, 6.45) is 35.9. The van der Waals surface area contributed by atoms with Crippen molar-refractivity contribution in [1.29, 1.82) is 0 Å². The summed E-state index contributed by atoms with van der Waals surface area (Å²) in [6.45, 7) is 24.7. The molecule has 18 nitrogen and oxygen atoms in total. The number of benzene rings is 5. The van der Waals surface area contributed by atoms with Crippen LogP contribution in [0.25, 0.3) is 22.3 Å². The van der Waals surface area contributed by atoms with E-state index in [1.165, 1.54) is 123 Å². The molecule has 0 aromatic heterocycles. The van der Waals surface area contributed by atoms with Gasteiger partial charge in [-0.05, 0) is 172 Å². The second-order valence-corrected chi connectivity index (χ2v) is 35.9. The van der Waals surface area contributed by atoms with Crippen molar-refractivity contribution in [3.8, 4) is 28.0 Å². The molecule has 5 aromatic rings. The number of ether oxygens (including phenoxy) is 5. The van der Waals surface area contributed by atoms with Crippen LogP contribution in [0, 0.1) is 35.0 Å². The summed E-state index contributed by atoms with van der Waals surface area (Å²) in [6, 6.07) is 33.5. The number of nitrogens with two attached hydrogens (primary N) is 1. The van der Waals surface area contributed by atoms with Gasteiger partial charge in [-0.1, -0.05) is 277 Å². The van der Waals surface area contributed by atoms with Crippen LogP contribution in [0.15, 0.2) is 97.1 Å². The normalized spacial score (nSPS) is 12.6. The van der Waals surface area contributed by atoms with Gasteiger partial charge in [0.05, 0.1) is 5.92 Å². The number of carboxylic acids is 2. The Labute approximate surface area is 743 Å². The lowest BCUT2D eigenvalue weighted by Gasteiger charge is -2.28. The molecule has 0 aliphatic heterocycles. The molecule has 2 atom stereocenters. The molecule has 0 radical (unpaired) electrons. The molecule has 0 saturated carbocycles. The molecular formula is C102H150F5N3O15. The highest BCUT2D eigenvalue weighted by Gasteiger charge is 2.33. The third-order valence-electron chi connectivity index (χ3n) is 22.5.